The maximum atomic E-state index is 4.68. The molecule has 0 aliphatic rings. The van der Waals surface area contributed by atoms with E-state index in [0.29, 0.717) is 0 Å². The van der Waals surface area contributed by atoms with Crippen LogP contribution in [0.4, 0.5) is 0 Å². The van der Waals surface area contributed by atoms with Gasteiger partial charge in [0, 0.05) is 16.5 Å². The monoisotopic (exact) mass is 365 g/mol. The van der Waals surface area contributed by atoms with Gasteiger partial charge in [0.05, 0.1) is 5.69 Å². The van der Waals surface area contributed by atoms with Crippen LogP contribution < -0.4 is 10.4 Å². The van der Waals surface area contributed by atoms with Gasteiger partial charge in [-0.05, 0) is 32.1 Å². The largest absolute Gasteiger partial charge is 0.252 e. The molecule has 0 amide bonds. The van der Waals surface area contributed by atoms with Gasteiger partial charge in [-0.1, -0.05) is 108 Å². The Morgan fingerprint density at radius 2 is 1.52 bits per heavy atom. The summed E-state index contributed by atoms with van der Waals surface area (Å²) < 4.78 is 0. The van der Waals surface area contributed by atoms with Crippen molar-refractivity contribution in [3.8, 4) is 11.3 Å². The fourth-order valence-corrected chi connectivity index (χ4v) is 2.54. The quantitative estimate of drug-likeness (QED) is 0.534. The van der Waals surface area contributed by atoms with Gasteiger partial charge in [-0.15, -0.1) is 0 Å². The number of pyridine rings is 1. The summed E-state index contributed by atoms with van der Waals surface area (Å²) >= 11 is 0. The molecule has 1 heterocycles. The average Bonchev–Trinajstić information content (AvgIpc) is 2.68. The van der Waals surface area contributed by atoms with E-state index >= 15 is 0 Å². The van der Waals surface area contributed by atoms with Crippen molar-refractivity contribution in [2.75, 3.05) is 0 Å². The van der Waals surface area contributed by atoms with Crippen LogP contribution in [-0.2, 0) is 0 Å². The molecule has 27 heavy (non-hydrogen) atoms. The highest BCUT2D eigenvalue weighted by Gasteiger charge is 2.01. The van der Waals surface area contributed by atoms with Gasteiger partial charge in [-0.3, -0.25) is 4.98 Å². The van der Waals surface area contributed by atoms with E-state index in [1.54, 1.807) is 0 Å². The second kappa shape index (κ2) is 15.0. The van der Waals surface area contributed by atoms with Gasteiger partial charge in [0.2, 0.25) is 0 Å². The first-order chi connectivity index (χ1) is 13.0. The summed E-state index contributed by atoms with van der Waals surface area (Å²) in [7, 11) is 0. The molecular weight excluding hydrogens is 326 g/mol. The second-order valence-electron chi connectivity index (χ2n) is 6.43. The van der Waals surface area contributed by atoms with Gasteiger partial charge < -0.3 is 0 Å². The molecule has 0 unspecified atom stereocenters. The van der Waals surface area contributed by atoms with E-state index in [-0.39, 0.29) is 0 Å². The molecule has 2 aromatic rings. The zero-order valence-electron chi connectivity index (χ0n) is 18.6. The number of allylic oxidation sites excluding steroid dienone is 2. The zero-order chi connectivity index (χ0) is 20.7. The lowest BCUT2D eigenvalue weighted by Gasteiger charge is -2.04. The molecule has 1 nitrogen and oxygen atoms in total. The van der Waals surface area contributed by atoms with Crippen molar-refractivity contribution in [2.24, 2.45) is 0 Å². The lowest BCUT2D eigenvalue weighted by molar-refractivity contribution is 0.702. The SMILES string of the molecule is C=c1cc(-c2ccc(C)cc2)nc(C)/c1=C/C=C\C.CC.CCCCCC. The van der Waals surface area contributed by atoms with Gasteiger partial charge in [0.25, 0.3) is 0 Å². The van der Waals surface area contributed by atoms with Crippen LogP contribution in [0.25, 0.3) is 23.9 Å². The Kier molecular flexibility index (Phi) is 13.8. The number of hydrogen-bond donors (Lipinski definition) is 0. The van der Waals surface area contributed by atoms with E-state index in [0.717, 1.165) is 27.4 Å². The van der Waals surface area contributed by atoms with E-state index in [1.165, 1.54) is 31.2 Å². The first kappa shape index (κ1) is 24.8. The molecule has 0 atom stereocenters. The number of aromatic nitrogens is 1. The van der Waals surface area contributed by atoms with Crippen LogP contribution in [-0.4, -0.2) is 4.98 Å². The third-order valence-electron chi connectivity index (χ3n) is 4.09. The fraction of sp³-hybridized carbons (Fsp3) is 0.423. The molecule has 0 saturated carbocycles. The van der Waals surface area contributed by atoms with Gasteiger partial charge >= 0.3 is 0 Å². The molecule has 0 radical (unpaired) electrons. The zero-order valence-corrected chi connectivity index (χ0v) is 18.6. The number of rotatable bonds is 5. The van der Waals surface area contributed by atoms with E-state index in [2.05, 4.69) is 62.7 Å². The highest BCUT2D eigenvalue weighted by atomic mass is 14.7. The summed E-state index contributed by atoms with van der Waals surface area (Å²) in [6.07, 6.45) is 11.6. The third-order valence-corrected chi connectivity index (χ3v) is 4.09. The molecule has 0 aliphatic carbocycles. The summed E-state index contributed by atoms with van der Waals surface area (Å²) in [5, 5.41) is 2.12. The minimum absolute atomic E-state index is 0.986. The number of aryl methyl sites for hydroxylation is 2. The Morgan fingerprint density at radius 3 is 1.96 bits per heavy atom. The third kappa shape index (κ3) is 9.38. The van der Waals surface area contributed by atoms with Crippen molar-refractivity contribution in [3.63, 3.8) is 0 Å². The Balaban J connectivity index is 0.000000722. The van der Waals surface area contributed by atoms with Crippen LogP contribution in [0.15, 0.2) is 42.5 Å². The molecular formula is C26H39N. The molecule has 0 N–H and O–H groups in total. The lowest BCUT2D eigenvalue weighted by Crippen LogP contribution is -2.27. The van der Waals surface area contributed by atoms with Gasteiger partial charge in [-0.25, -0.2) is 0 Å². The van der Waals surface area contributed by atoms with Crippen molar-refractivity contribution >= 4 is 12.7 Å². The average molecular weight is 366 g/mol. The maximum Gasteiger partial charge on any atom is 0.0711 e. The van der Waals surface area contributed by atoms with Gasteiger partial charge in [0.15, 0.2) is 0 Å². The van der Waals surface area contributed by atoms with Crippen LogP contribution in [0.2, 0.25) is 0 Å². The lowest BCUT2D eigenvalue weighted by atomic mass is 10.1. The molecule has 1 aromatic carbocycles. The highest BCUT2D eigenvalue weighted by molar-refractivity contribution is 5.60. The molecule has 0 saturated heterocycles. The van der Waals surface area contributed by atoms with E-state index in [9.17, 15) is 0 Å². The second-order valence-corrected chi connectivity index (χ2v) is 6.43. The Labute approximate surface area is 167 Å². The first-order valence-corrected chi connectivity index (χ1v) is 10.4. The van der Waals surface area contributed by atoms with Crippen LogP contribution in [0, 0.1) is 13.8 Å². The molecule has 0 fully saturated rings. The molecule has 0 bridgehead atoms. The topological polar surface area (TPSA) is 12.9 Å². The minimum Gasteiger partial charge on any atom is -0.252 e. The molecule has 0 spiro atoms. The summed E-state index contributed by atoms with van der Waals surface area (Å²) in [5.74, 6) is 0. The molecule has 1 heteroatoms. The van der Waals surface area contributed by atoms with Crippen molar-refractivity contribution in [1.82, 2.24) is 4.98 Å². The van der Waals surface area contributed by atoms with Crippen LogP contribution >= 0.6 is 0 Å². The first-order valence-electron chi connectivity index (χ1n) is 10.4. The van der Waals surface area contributed by atoms with Crippen LogP contribution in [0.5, 0.6) is 0 Å². The van der Waals surface area contributed by atoms with Crippen LogP contribution in [0.1, 0.15) is 71.6 Å². The summed E-state index contributed by atoms with van der Waals surface area (Å²) in [6.45, 7) is 18.7. The fourth-order valence-electron chi connectivity index (χ4n) is 2.54. The minimum atomic E-state index is 0.986. The molecule has 148 valence electrons. The number of unbranched alkanes of at least 4 members (excludes halogenated alkanes) is 3. The Hall–Kier alpha value is -2.15. The summed E-state index contributed by atoms with van der Waals surface area (Å²) in [5.41, 5.74) is 4.39. The summed E-state index contributed by atoms with van der Waals surface area (Å²) in [4.78, 5) is 4.68. The van der Waals surface area contributed by atoms with Crippen LogP contribution in [0.3, 0.4) is 0 Å². The number of hydrogen-bond acceptors (Lipinski definition) is 1. The number of benzene rings is 1. The highest BCUT2D eigenvalue weighted by Crippen LogP contribution is 2.15. The Bertz CT molecular complexity index is 763. The molecule has 2 rings (SSSR count). The van der Waals surface area contributed by atoms with Gasteiger partial charge in [0.1, 0.15) is 0 Å². The standard InChI is InChI=1S/C18H19N.C6H14.C2H6/c1-5-6-7-17-14(3)12-18(19-15(17)4)16-10-8-13(2)9-11-16;1-3-5-6-4-2;1-2/h5-12H,3H2,1-2,4H3;3-6H2,1-2H3;1-2H3/b6-5-,17-7+;;. The van der Waals surface area contributed by atoms with E-state index in [1.807, 2.05) is 45.9 Å². The predicted molar refractivity (Wildman–Crippen MR) is 124 cm³/mol. The summed E-state index contributed by atoms with van der Waals surface area (Å²) in [6, 6.07) is 10.5. The molecule has 0 aliphatic heterocycles. The van der Waals surface area contributed by atoms with Crippen molar-refractivity contribution in [1.29, 1.82) is 0 Å². The van der Waals surface area contributed by atoms with Crippen molar-refractivity contribution in [2.45, 2.75) is 74.1 Å². The van der Waals surface area contributed by atoms with Crippen molar-refractivity contribution in [3.05, 3.63) is 64.2 Å². The normalized spacial score (nSPS) is 10.9. The smallest absolute Gasteiger partial charge is 0.0711 e. The van der Waals surface area contributed by atoms with E-state index < -0.39 is 0 Å². The maximum absolute atomic E-state index is 4.68. The van der Waals surface area contributed by atoms with E-state index in [4.69, 9.17) is 0 Å². The van der Waals surface area contributed by atoms with Gasteiger partial charge in [-0.2, -0.15) is 0 Å². The number of nitrogens with zero attached hydrogens (tertiary/aromatic N) is 1. The Morgan fingerprint density at radius 1 is 0.963 bits per heavy atom. The van der Waals surface area contributed by atoms with Crippen molar-refractivity contribution < 1.29 is 0 Å². The molecule has 1 aromatic heterocycles. The predicted octanol–water partition coefficient (Wildman–Crippen LogP) is 6.75.